The van der Waals surface area contributed by atoms with Crippen molar-refractivity contribution >= 4 is 33.2 Å². The van der Waals surface area contributed by atoms with Crippen LogP contribution in [-0.4, -0.2) is 57.0 Å². The molecule has 3 aromatic rings. The summed E-state index contributed by atoms with van der Waals surface area (Å²) in [5.74, 6) is 0.481. The number of rotatable bonds is 6. The van der Waals surface area contributed by atoms with Gasteiger partial charge in [-0.1, -0.05) is 23.7 Å². The Hall–Kier alpha value is -3.14. The molecule has 38 heavy (non-hydrogen) atoms. The minimum atomic E-state index is -3.90. The molecule has 2 aliphatic rings. The predicted octanol–water partition coefficient (Wildman–Crippen LogP) is 4.59. The molecule has 2 aromatic carbocycles. The summed E-state index contributed by atoms with van der Waals surface area (Å²) in [4.78, 5) is 21.8. The zero-order chi connectivity index (χ0) is 26.9. The average Bonchev–Trinajstić information content (AvgIpc) is 2.92. The summed E-state index contributed by atoms with van der Waals surface area (Å²) in [7, 11) is -2.06. The van der Waals surface area contributed by atoms with Crippen molar-refractivity contribution in [2.75, 3.05) is 31.6 Å². The molecule has 0 bridgehead atoms. The number of pyridine rings is 1. The van der Waals surface area contributed by atoms with Crippen molar-refractivity contribution in [2.45, 2.75) is 43.2 Å². The number of amides is 1. The minimum absolute atomic E-state index is 0.0692. The normalized spacial score (nSPS) is 18.0. The highest BCUT2D eigenvalue weighted by Crippen LogP contribution is 2.35. The molecule has 3 heterocycles. The number of piperidine rings is 1. The molecule has 10 heteroatoms. The van der Waals surface area contributed by atoms with E-state index in [0.29, 0.717) is 35.5 Å². The number of aryl methyl sites for hydroxylation is 1. The number of carbonyl (C=O) groups excluding carboxylic acids is 1. The van der Waals surface area contributed by atoms with Crippen LogP contribution < -0.4 is 14.4 Å². The first kappa shape index (κ1) is 26.5. The van der Waals surface area contributed by atoms with Crippen molar-refractivity contribution in [2.24, 2.45) is 0 Å². The smallest absolute Gasteiger partial charge is 0.253 e. The molecule has 1 unspecified atom stereocenters. The lowest BCUT2D eigenvalue weighted by atomic mass is 9.97. The molecule has 5 rings (SSSR count). The maximum atomic E-state index is 13.5. The highest BCUT2D eigenvalue weighted by Gasteiger charge is 2.31. The van der Waals surface area contributed by atoms with E-state index in [-0.39, 0.29) is 21.9 Å². The Bertz CT molecular complexity index is 1410. The van der Waals surface area contributed by atoms with Crippen LogP contribution in [0, 0.1) is 6.92 Å². The van der Waals surface area contributed by atoms with Gasteiger partial charge in [-0.2, -0.15) is 0 Å². The number of fused-ring (bicyclic) bond motifs is 1. The highest BCUT2D eigenvalue weighted by atomic mass is 35.5. The van der Waals surface area contributed by atoms with Crippen molar-refractivity contribution < 1.29 is 17.9 Å². The first-order valence-corrected chi connectivity index (χ1v) is 14.6. The Morgan fingerprint density at radius 2 is 1.84 bits per heavy atom. The number of nitrogens with one attached hydrogen (secondary N) is 1. The first-order valence-electron chi connectivity index (χ1n) is 12.7. The van der Waals surface area contributed by atoms with E-state index in [1.165, 1.54) is 0 Å². The van der Waals surface area contributed by atoms with E-state index in [2.05, 4.69) is 14.6 Å². The van der Waals surface area contributed by atoms with Crippen LogP contribution in [0.1, 0.15) is 46.8 Å². The monoisotopic (exact) mass is 554 g/mol. The standard InChI is InChI=1S/C28H31ClN4O4S/c1-19-4-3-5-24(29)27(19)38(35,36)31-25-12-17-37-26-7-6-20(18-23(25)26)28(34)32(2)21-10-15-33(16-11-21)22-8-13-30-14-9-22/h3-9,13-14,18,21,25,31H,10-12,15-17H2,1-2H3. The van der Waals surface area contributed by atoms with Crippen LogP contribution in [0.2, 0.25) is 5.02 Å². The maximum absolute atomic E-state index is 13.5. The number of halogens is 1. The molecule has 1 atom stereocenters. The Kier molecular flexibility index (Phi) is 7.61. The van der Waals surface area contributed by atoms with Gasteiger partial charge in [0, 0.05) is 61.8 Å². The van der Waals surface area contributed by atoms with Gasteiger partial charge in [0.15, 0.2) is 0 Å². The molecule has 0 saturated carbocycles. The third-order valence-corrected chi connectivity index (χ3v) is 9.49. The third kappa shape index (κ3) is 5.36. The van der Waals surface area contributed by atoms with E-state index >= 15 is 0 Å². The van der Waals surface area contributed by atoms with Gasteiger partial charge in [-0.3, -0.25) is 9.78 Å². The summed E-state index contributed by atoms with van der Waals surface area (Å²) in [6, 6.07) is 13.8. The number of ether oxygens (including phenoxy) is 1. The Morgan fingerprint density at radius 1 is 1.11 bits per heavy atom. The molecular weight excluding hydrogens is 524 g/mol. The van der Waals surface area contributed by atoms with Crippen molar-refractivity contribution in [3.63, 3.8) is 0 Å². The second-order valence-corrected chi connectivity index (χ2v) is 11.8. The van der Waals surface area contributed by atoms with Gasteiger partial charge in [-0.05, 0) is 61.7 Å². The number of hydrogen-bond donors (Lipinski definition) is 1. The lowest BCUT2D eigenvalue weighted by molar-refractivity contribution is 0.0709. The first-order chi connectivity index (χ1) is 18.2. The van der Waals surface area contributed by atoms with Crippen LogP contribution in [0.15, 0.2) is 65.8 Å². The summed E-state index contributed by atoms with van der Waals surface area (Å²) in [5.41, 5.74) is 2.86. The summed E-state index contributed by atoms with van der Waals surface area (Å²) in [5, 5.41) is 0.172. The second kappa shape index (κ2) is 10.9. The molecule has 200 valence electrons. The van der Waals surface area contributed by atoms with Gasteiger partial charge in [-0.25, -0.2) is 13.1 Å². The number of sulfonamides is 1. The van der Waals surface area contributed by atoms with Crippen LogP contribution in [0.25, 0.3) is 0 Å². The van der Waals surface area contributed by atoms with Gasteiger partial charge >= 0.3 is 0 Å². The van der Waals surface area contributed by atoms with Gasteiger partial charge in [0.05, 0.1) is 17.7 Å². The summed E-state index contributed by atoms with van der Waals surface area (Å²) >= 11 is 6.25. The average molecular weight is 555 g/mol. The largest absolute Gasteiger partial charge is 0.493 e. The SMILES string of the molecule is Cc1cccc(Cl)c1S(=O)(=O)NC1CCOc2ccc(C(=O)N(C)C3CCN(c4ccncc4)CC3)cc21. The third-order valence-electron chi connectivity index (χ3n) is 7.39. The lowest BCUT2D eigenvalue weighted by Gasteiger charge is -2.38. The van der Waals surface area contributed by atoms with E-state index in [1.807, 2.05) is 24.1 Å². The molecule has 1 saturated heterocycles. The van der Waals surface area contributed by atoms with Crippen LogP contribution in [0.3, 0.4) is 0 Å². The fourth-order valence-electron chi connectivity index (χ4n) is 5.29. The summed E-state index contributed by atoms with van der Waals surface area (Å²) in [6.45, 7) is 3.79. The molecule has 0 radical (unpaired) electrons. The fraction of sp³-hybridized carbons (Fsp3) is 0.357. The van der Waals surface area contributed by atoms with Gasteiger partial charge in [0.1, 0.15) is 10.6 Å². The molecule has 1 amide bonds. The second-order valence-electron chi connectivity index (χ2n) is 9.79. The number of nitrogens with zero attached hydrogens (tertiary/aromatic N) is 3. The Morgan fingerprint density at radius 3 is 2.55 bits per heavy atom. The van der Waals surface area contributed by atoms with Crippen molar-refractivity contribution in [3.8, 4) is 5.75 Å². The molecule has 8 nitrogen and oxygen atoms in total. The lowest BCUT2D eigenvalue weighted by Crippen LogP contribution is -2.45. The highest BCUT2D eigenvalue weighted by molar-refractivity contribution is 7.89. The molecule has 2 aliphatic heterocycles. The van der Waals surface area contributed by atoms with Gasteiger partial charge in [0.2, 0.25) is 10.0 Å². The number of anilines is 1. The topological polar surface area (TPSA) is 91.8 Å². The minimum Gasteiger partial charge on any atom is -0.493 e. The van der Waals surface area contributed by atoms with E-state index in [9.17, 15) is 13.2 Å². The quantitative estimate of drug-likeness (QED) is 0.479. The summed E-state index contributed by atoms with van der Waals surface area (Å²) < 4.78 is 35.2. The molecule has 1 fully saturated rings. The number of aromatic nitrogens is 1. The summed E-state index contributed by atoms with van der Waals surface area (Å²) in [6.07, 6.45) is 5.74. The van der Waals surface area contributed by atoms with Crippen LogP contribution in [0.5, 0.6) is 5.75 Å². The van der Waals surface area contributed by atoms with E-state index < -0.39 is 16.1 Å². The van der Waals surface area contributed by atoms with Crippen LogP contribution in [0.4, 0.5) is 5.69 Å². The molecular formula is C28H31ClN4O4S. The maximum Gasteiger partial charge on any atom is 0.253 e. The Labute approximate surface area is 228 Å². The van der Waals surface area contributed by atoms with Gasteiger partial charge in [0.25, 0.3) is 5.91 Å². The van der Waals surface area contributed by atoms with E-state index in [4.69, 9.17) is 16.3 Å². The van der Waals surface area contributed by atoms with E-state index in [0.717, 1.165) is 31.6 Å². The van der Waals surface area contributed by atoms with Crippen LogP contribution >= 0.6 is 11.6 Å². The van der Waals surface area contributed by atoms with Crippen molar-refractivity contribution in [1.82, 2.24) is 14.6 Å². The number of hydrogen-bond acceptors (Lipinski definition) is 6. The van der Waals surface area contributed by atoms with Crippen molar-refractivity contribution in [3.05, 3.63) is 82.6 Å². The zero-order valence-electron chi connectivity index (χ0n) is 21.4. The van der Waals surface area contributed by atoms with Gasteiger partial charge < -0.3 is 14.5 Å². The van der Waals surface area contributed by atoms with Crippen molar-refractivity contribution in [1.29, 1.82) is 0 Å². The molecule has 0 spiro atoms. The number of benzene rings is 2. The fourth-order valence-corrected chi connectivity index (χ4v) is 7.37. The molecule has 0 aliphatic carbocycles. The van der Waals surface area contributed by atoms with E-state index in [1.54, 1.807) is 55.7 Å². The zero-order valence-corrected chi connectivity index (χ0v) is 23.0. The van der Waals surface area contributed by atoms with Gasteiger partial charge in [-0.15, -0.1) is 0 Å². The predicted molar refractivity (Wildman–Crippen MR) is 147 cm³/mol. The number of carbonyl (C=O) groups is 1. The Balaban J connectivity index is 1.32. The molecule has 1 N–H and O–H groups in total. The van der Waals surface area contributed by atoms with Crippen LogP contribution in [-0.2, 0) is 10.0 Å². The molecule has 1 aromatic heterocycles.